The van der Waals surface area contributed by atoms with Crippen LogP contribution >= 0.6 is 0 Å². The molecule has 0 saturated carbocycles. The molecule has 0 aliphatic heterocycles. The van der Waals surface area contributed by atoms with E-state index in [0.29, 0.717) is 18.6 Å². The van der Waals surface area contributed by atoms with Crippen LogP contribution in [0.15, 0.2) is 66.9 Å². The van der Waals surface area contributed by atoms with Crippen molar-refractivity contribution < 1.29 is 33.3 Å². The number of pyridine rings is 1. The van der Waals surface area contributed by atoms with Gasteiger partial charge in [0, 0.05) is 18.2 Å². The van der Waals surface area contributed by atoms with E-state index in [1.165, 1.54) is 38.4 Å². The minimum atomic E-state index is -1.04. The standard InChI is InChI=1S/C29H33FN2O6/c1-5-21(17-20-11-13-22(30)14-12-20)27(38-23-9-7-6-8-10-23)19(3)37-29(35)18(2)32-28(34)25-26(33)24(36-4)15-16-31-25/h6-16,18-19,21,27,33H,5,17H2,1-4H3,(H,32,34)/t18-,19-,21+,27-/m0/s1. The second-order valence-electron chi connectivity index (χ2n) is 8.94. The number of aromatic hydroxyl groups is 1. The van der Waals surface area contributed by atoms with Crippen LogP contribution in [0.3, 0.4) is 0 Å². The number of hydrogen-bond donors (Lipinski definition) is 2. The SMILES string of the molecule is CC[C@H](Cc1ccc(F)cc1)[C@@H](Oc1ccccc1)[C@H](C)OC(=O)[C@H](C)NC(=O)c1nccc(OC)c1O. The Hall–Kier alpha value is -4.14. The molecule has 0 unspecified atom stereocenters. The predicted molar refractivity (Wildman–Crippen MR) is 140 cm³/mol. The Labute approximate surface area is 221 Å². The molecular weight excluding hydrogens is 491 g/mol. The summed E-state index contributed by atoms with van der Waals surface area (Å²) >= 11 is 0. The molecule has 202 valence electrons. The predicted octanol–water partition coefficient (Wildman–Crippen LogP) is 4.70. The Morgan fingerprint density at radius 2 is 1.74 bits per heavy atom. The van der Waals surface area contributed by atoms with Gasteiger partial charge < -0.3 is 24.6 Å². The van der Waals surface area contributed by atoms with Crippen molar-refractivity contribution in [3.63, 3.8) is 0 Å². The van der Waals surface area contributed by atoms with E-state index in [2.05, 4.69) is 10.3 Å². The normalized spacial score (nSPS) is 14.0. The third-order valence-electron chi connectivity index (χ3n) is 6.20. The highest BCUT2D eigenvalue weighted by atomic mass is 19.1. The number of methoxy groups -OCH3 is 1. The fraction of sp³-hybridized carbons (Fsp3) is 0.345. The Bertz CT molecular complexity index is 1210. The lowest BCUT2D eigenvalue weighted by atomic mass is 9.89. The highest BCUT2D eigenvalue weighted by molar-refractivity contribution is 5.97. The number of hydrogen-bond acceptors (Lipinski definition) is 7. The average Bonchev–Trinajstić information content (AvgIpc) is 2.92. The fourth-order valence-electron chi connectivity index (χ4n) is 4.09. The first-order valence-corrected chi connectivity index (χ1v) is 12.4. The number of nitrogens with zero attached hydrogens (tertiary/aromatic N) is 1. The molecule has 2 aromatic carbocycles. The number of esters is 1. The summed E-state index contributed by atoms with van der Waals surface area (Å²) in [6.45, 7) is 5.23. The van der Waals surface area contributed by atoms with Crippen LogP contribution in [0, 0.1) is 11.7 Å². The Kier molecular flexibility index (Phi) is 10.0. The van der Waals surface area contributed by atoms with Gasteiger partial charge in [0.2, 0.25) is 0 Å². The molecule has 0 spiro atoms. The largest absolute Gasteiger partial charge is 0.503 e. The first-order chi connectivity index (χ1) is 18.2. The molecule has 2 N–H and O–H groups in total. The van der Waals surface area contributed by atoms with E-state index in [-0.39, 0.29) is 23.2 Å². The van der Waals surface area contributed by atoms with Gasteiger partial charge in [-0.2, -0.15) is 0 Å². The third-order valence-corrected chi connectivity index (χ3v) is 6.20. The molecule has 0 aliphatic rings. The zero-order valence-corrected chi connectivity index (χ0v) is 21.9. The monoisotopic (exact) mass is 524 g/mol. The van der Waals surface area contributed by atoms with Crippen LogP contribution in [-0.2, 0) is 16.0 Å². The number of aromatic nitrogens is 1. The van der Waals surface area contributed by atoms with E-state index in [0.717, 1.165) is 5.56 Å². The van der Waals surface area contributed by atoms with Crippen molar-refractivity contribution in [2.45, 2.75) is 51.9 Å². The van der Waals surface area contributed by atoms with Crippen molar-refractivity contribution in [1.29, 1.82) is 0 Å². The van der Waals surface area contributed by atoms with Gasteiger partial charge in [-0.25, -0.2) is 14.2 Å². The lowest BCUT2D eigenvalue weighted by Crippen LogP contribution is -2.45. The van der Waals surface area contributed by atoms with Crippen molar-refractivity contribution in [2.24, 2.45) is 5.92 Å². The maximum atomic E-state index is 13.4. The van der Waals surface area contributed by atoms with Crippen molar-refractivity contribution in [3.8, 4) is 17.2 Å². The van der Waals surface area contributed by atoms with Gasteiger partial charge in [-0.3, -0.25) is 4.79 Å². The summed E-state index contributed by atoms with van der Waals surface area (Å²) in [5.41, 5.74) is 0.664. The highest BCUT2D eigenvalue weighted by Gasteiger charge is 2.32. The molecule has 0 radical (unpaired) electrons. The minimum absolute atomic E-state index is 0.0636. The Morgan fingerprint density at radius 1 is 1.05 bits per heavy atom. The lowest BCUT2D eigenvalue weighted by molar-refractivity contribution is -0.156. The fourth-order valence-corrected chi connectivity index (χ4v) is 4.09. The molecule has 1 aromatic heterocycles. The molecule has 1 heterocycles. The number of nitrogens with one attached hydrogen (secondary N) is 1. The van der Waals surface area contributed by atoms with Crippen molar-refractivity contribution >= 4 is 11.9 Å². The molecule has 0 saturated heterocycles. The van der Waals surface area contributed by atoms with Gasteiger partial charge in [0.05, 0.1) is 7.11 Å². The van der Waals surface area contributed by atoms with Gasteiger partial charge in [-0.1, -0.05) is 37.3 Å². The van der Waals surface area contributed by atoms with E-state index in [1.54, 1.807) is 19.1 Å². The van der Waals surface area contributed by atoms with Crippen LogP contribution < -0.4 is 14.8 Å². The van der Waals surface area contributed by atoms with Gasteiger partial charge in [0.15, 0.2) is 17.2 Å². The van der Waals surface area contributed by atoms with Crippen LogP contribution in [-0.4, -0.2) is 47.3 Å². The highest BCUT2D eigenvalue weighted by Crippen LogP contribution is 2.28. The zero-order chi connectivity index (χ0) is 27.7. The summed E-state index contributed by atoms with van der Waals surface area (Å²) in [6.07, 6.45) is 1.41. The first-order valence-electron chi connectivity index (χ1n) is 12.4. The smallest absolute Gasteiger partial charge is 0.328 e. The number of ether oxygens (including phenoxy) is 3. The zero-order valence-electron chi connectivity index (χ0n) is 21.9. The lowest BCUT2D eigenvalue weighted by Gasteiger charge is -2.32. The molecule has 4 atom stereocenters. The maximum absolute atomic E-state index is 13.4. The molecule has 9 heteroatoms. The van der Waals surface area contributed by atoms with E-state index in [1.807, 2.05) is 37.3 Å². The minimum Gasteiger partial charge on any atom is -0.503 e. The molecule has 38 heavy (non-hydrogen) atoms. The second-order valence-corrected chi connectivity index (χ2v) is 8.94. The Balaban J connectivity index is 1.73. The summed E-state index contributed by atoms with van der Waals surface area (Å²) in [5, 5.41) is 12.7. The average molecular weight is 525 g/mol. The molecule has 0 bridgehead atoms. The first kappa shape index (κ1) is 28.4. The summed E-state index contributed by atoms with van der Waals surface area (Å²) in [6, 6.07) is 15.9. The third kappa shape index (κ3) is 7.44. The molecule has 3 aromatic rings. The summed E-state index contributed by atoms with van der Waals surface area (Å²) in [5.74, 6) is -1.52. The number of carbonyl (C=O) groups is 2. The van der Waals surface area contributed by atoms with Gasteiger partial charge >= 0.3 is 5.97 Å². The van der Waals surface area contributed by atoms with Crippen molar-refractivity contribution in [2.75, 3.05) is 7.11 Å². The van der Waals surface area contributed by atoms with Gasteiger partial charge in [-0.05, 0) is 56.5 Å². The van der Waals surface area contributed by atoms with Crippen LogP contribution in [0.1, 0.15) is 43.2 Å². The van der Waals surface area contributed by atoms with E-state index in [9.17, 15) is 19.1 Å². The molecule has 1 amide bonds. The van der Waals surface area contributed by atoms with Crippen molar-refractivity contribution in [3.05, 3.63) is 83.9 Å². The topological polar surface area (TPSA) is 107 Å². The number of carbonyl (C=O) groups excluding carboxylic acids is 2. The molecule has 8 nitrogen and oxygen atoms in total. The number of benzene rings is 2. The summed E-state index contributed by atoms with van der Waals surface area (Å²) < 4.78 is 30.5. The van der Waals surface area contributed by atoms with Gasteiger partial charge in [-0.15, -0.1) is 0 Å². The quantitative estimate of drug-likeness (QED) is 0.331. The summed E-state index contributed by atoms with van der Waals surface area (Å²) in [7, 11) is 1.35. The van der Waals surface area contributed by atoms with E-state index < -0.39 is 35.9 Å². The number of halogens is 1. The number of amides is 1. The Morgan fingerprint density at radius 3 is 2.37 bits per heavy atom. The maximum Gasteiger partial charge on any atom is 0.328 e. The van der Waals surface area contributed by atoms with E-state index in [4.69, 9.17) is 14.2 Å². The van der Waals surface area contributed by atoms with Crippen LogP contribution in [0.2, 0.25) is 0 Å². The molecule has 0 aliphatic carbocycles. The van der Waals surface area contributed by atoms with Crippen molar-refractivity contribution in [1.82, 2.24) is 10.3 Å². The molecule has 0 fully saturated rings. The number of rotatable bonds is 12. The molecular formula is C29H33FN2O6. The van der Waals surface area contributed by atoms with Crippen LogP contribution in [0.4, 0.5) is 4.39 Å². The second kappa shape index (κ2) is 13.4. The van der Waals surface area contributed by atoms with Gasteiger partial charge in [0.1, 0.15) is 29.8 Å². The van der Waals surface area contributed by atoms with E-state index >= 15 is 0 Å². The van der Waals surface area contributed by atoms with Gasteiger partial charge in [0.25, 0.3) is 5.91 Å². The van der Waals surface area contributed by atoms with Crippen LogP contribution in [0.25, 0.3) is 0 Å². The summed E-state index contributed by atoms with van der Waals surface area (Å²) in [4.78, 5) is 29.5. The number of para-hydroxylation sites is 1. The van der Waals surface area contributed by atoms with Crippen LogP contribution in [0.5, 0.6) is 17.2 Å². The molecule has 3 rings (SSSR count).